The van der Waals surface area contributed by atoms with Crippen molar-refractivity contribution in [1.82, 2.24) is 20.0 Å². The van der Waals surface area contributed by atoms with E-state index in [-0.39, 0.29) is 5.89 Å². The third-order valence-electron chi connectivity index (χ3n) is 7.66. The number of hydrogen-bond acceptors (Lipinski definition) is 8. The van der Waals surface area contributed by atoms with E-state index in [9.17, 15) is 10.2 Å². The van der Waals surface area contributed by atoms with Crippen molar-refractivity contribution in [2.24, 2.45) is 5.41 Å². The Morgan fingerprint density at radius 1 is 1.06 bits per heavy atom. The summed E-state index contributed by atoms with van der Waals surface area (Å²) in [4.78, 5) is 11.1. The van der Waals surface area contributed by atoms with Gasteiger partial charge in [0.2, 0.25) is 5.82 Å². The largest absolute Gasteiger partial charge is 0.381 e. The van der Waals surface area contributed by atoms with Crippen LogP contribution in [0.5, 0.6) is 0 Å². The lowest BCUT2D eigenvalue weighted by atomic mass is 9.62. The van der Waals surface area contributed by atoms with Crippen LogP contribution >= 0.6 is 0 Å². The standard InChI is InChI=1S/C27H34N4O4/c1-18(2)19-5-7-21(8-6-19)27(33,25(3)16-31(4)17-25)22-13-20(14-28-15-22)23-29-24(35-30-23)26(32)9-11-34-12-10-26/h5-8,13-15,18,32-33H,9-12,16-17H2,1-4H3/t27-/m0/s1. The number of aromatic nitrogens is 3. The first-order valence-electron chi connectivity index (χ1n) is 12.3. The second kappa shape index (κ2) is 8.78. The Morgan fingerprint density at radius 3 is 2.37 bits per heavy atom. The third-order valence-corrected chi connectivity index (χ3v) is 7.66. The molecule has 0 radical (unpaired) electrons. The maximum Gasteiger partial charge on any atom is 0.259 e. The molecule has 0 spiro atoms. The van der Waals surface area contributed by atoms with Gasteiger partial charge in [-0.05, 0) is 30.2 Å². The van der Waals surface area contributed by atoms with Crippen molar-refractivity contribution in [2.75, 3.05) is 33.4 Å². The average Bonchev–Trinajstić information content (AvgIpc) is 3.35. The van der Waals surface area contributed by atoms with Gasteiger partial charge in [-0.2, -0.15) is 4.98 Å². The zero-order valence-electron chi connectivity index (χ0n) is 20.9. The molecule has 0 bridgehead atoms. The van der Waals surface area contributed by atoms with Crippen molar-refractivity contribution in [1.29, 1.82) is 0 Å². The summed E-state index contributed by atoms with van der Waals surface area (Å²) in [6.07, 6.45) is 4.19. The fraction of sp³-hybridized carbons (Fsp3) is 0.519. The molecule has 4 heterocycles. The molecule has 0 aliphatic carbocycles. The molecule has 2 aliphatic heterocycles. The van der Waals surface area contributed by atoms with E-state index in [2.05, 4.69) is 60.0 Å². The average molecular weight is 479 g/mol. The highest BCUT2D eigenvalue weighted by Gasteiger charge is 2.55. The predicted molar refractivity (Wildman–Crippen MR) is 131 cm³/mol. The van der Waals surface area contributed by atoms with Crippen molar-refractivity contribution in [3.63, 3.8) is 0 Å². The Bertz CT molecular complexity index is 1180. The molecule has 2 aromatic heterocycles. The normalized spacial score (nSPS) is 21.5. The maximum atomic E-state index is 12.4. The number of nitrogens with zero attached hydrogens (tertiary/aromatic N) is 4. The minimum Gasteiger partial charge on any atom is -0.381 e. The lowest BCUT2D eigenvalue weighted by molar-refractivity contribution is -0.127. The summed E-state index contributed by atoms with van der Waals surface area (Å²) in [5.41, 5.74) is 0.522. The highest BCUT2D eigenvalue weighted by Crippen LogP contribution is 2.50. The number of aliphatic hydroxyl groups is 2. The van der Waals surface area contributed by atoms with Gasteiger partial charge in [0, 0.05) is 68.1 Å². The topological polar surface area (TPSA) is 105 Å². The van der Waals surface area contributed by atoms with Crippen LogP contribution in [-0.4, -0.2) is 63.6 Å². The summed E-state index contributed by atoms with van der Waals surface area (Å²) >= 11 is 0. The van der Waals surface area contributed by atoms with Crippen LogP contribution in [0.4, 0.5) is 0 Å². The number of likely N-dealkylation sites (tertiary alicyclic amines) is 1. The van der Waals surface area contributed by atoms with Gasteiger partial charge in [0.25, 0.3) is 5.89 Å². The Kier molecular flexibility index (Phi) is 6.04. The Morgan fingerprint density at radius 2 is 1.74 bits per heavy atom. The van der Waals surface area contributed by atoms with Crippen LogP contribution < -0.4 is 0 Å². The second-order valence-electron chi connectivity index (χ2n) is 10.7. The van der Waals surface area contributed by atoms with Crippen molar-refractivity contribution in [2.45, 2.75) is 50.7 Å². The quantitative estimate of drug-likeness (QED) is 0.555. The van der Waals surface area contributed by atoms with Crippen molar-refractivity contribution in [3.05, 3.63) is 65.3 Å². The van der Waals surface area contributed by atoms with Crippen LogP contribution in [0.25, 0.3) is 11.4 Å². The molecule has 8 nitrogen and oxygen atoms in total. The minimum atomic E-state index is -1.26. The van der Waals surface area contributed by atoms with Gasteiger partial charge in [0.05, 0.1) is 0 Å². The zero-order valence-corrected chi connectivity index (χ0v) is 20.9. The first kappa shape index (κ1) is 24.1. The summed E-state index contributed by atoms with van der Waals surface area (Å²) in [7, 11) is 2.06. The van der Waals surface area contributed by atoms with E-state index in [1.165, 1.54) is 5.56 Å². The predicted octanol–water partition coefficient (Wildman–Crippen LogP) is 3.44. The summed E-state index contributed by atoms with van der Waals surface area (Å²) < 4.78 is 10.8. The minimum absolute atomic E-state index is 0.188. The Balaban J connectivity index is 1.54. The van der Waals surface area contributed by atoms with Gasteiger partial charge in [-0.25, -0.2) is 0 Å². The van der Waals surface area contributed by atoms with Crippen molar-refractivity contribution >= 4 is 0 Å². The second-order valence-corrected chi connectivity index (χ2v) is 10.7. The first-order valence-corrected chi connectivity index (χ1v) is 12.3. The van der Waals surface area contributed by atoms with E-state index < -0.39 is 16.6 Å². The molecule has 0 saturated carbocycles. The van der Waals surface area contributed by atoms with E-state index in [0.29, 0.717) is 48.9 Å². The summed E-state index contributed by atoms with van der Waals surface area (Å²) in [6, 6.07) is 10.1. The summed E-state index contributed by atoms with van der Waals surface area (Å²) in [6.45, 7) is 8.83. The molecule has 3 aromatic rings. The molecule has 8 heteroatoms. The SMILES string of the molecule is CC(C)c1ccc([C@](O)(c2cncc(-c3noc(C4(O)CCOCC4)n3)c2)C2(C)CN(C)C2)cc1. The molecule has 35 heavy (non-hydrogen) atoms. The smallest absolute Gasteiger partial charge is 0.259 e. The van der Waals surface area contributed by atoms with E-state index in [1.807, 2.05) is 18.2 Å². The van der Waals surface area contributed by atoms with Gasteiger partial charge in [-0.15, -0.1) is 0 Å². The molecule has 2 aliphatic rings. The molecule has 5 rings (SSSR count). The molecule has 2 N–H and O–H groups in total. The summed E-state index contributed by atoms with van der Waals surface area (Å²) in [5.74, 6) is 0.932. The van der Waals surface area contributed by atoms with Crippen LogP contribution in [-0.2, 0) is 15.9 Å². The molecule has 1 atom stereocenters. The first-order chi connectivity index (χ1) is 16.6. The van der Waals surface area contributed by atoms with Gasteiger partial charge in [0.15, 0.2) is 0 Å². The van der Waals surface area contributed by atoms with Crippen LogP contribution in [0.3, 0.4) is 0 Å². The van der Waals surface area contributed by atoms with E-state index in [1.54, 1.807) is 12.4 Å². The Labute approximate surface area is 206 Å². The molecule has 0 unspecified atom stereocenters. The zero-order chi connectivity index (χ0) is 24.8. The summed E-state index contributed by atoms with van der Waals surface area (Å²) in [5, 5.41) is 27.5. The lowest BCUT2D eigenvalue weighted by Gasteiger charge is -2.55. The van der Waals surface area contributed by atoms with Gasteiger partial charge in [-0.3, -0.25) is 4.98 Å². The van der Waals surface area contributed by atoms with Gasteiger partial charge in [0.1, 0.15) is 11.2 Å². The highest BCUT2D eigenvalue weighted by atomic mass is 16.5. The number of ether oxygens (including phenoxy) is 1. The van der Waals surface area contributed by atoms with Gasteiger partial charge in [-0.1, -0.05) is 50.2 Å². The monoisotopic (exact) mass is 478 g/mol. The molecule has 1 aromatic carbocycles. The number of benzene rings is 1. The Hall–Kier alpha value is -2.65. The molecule has 186 valence electrons. The highest BCUT2D eigenvalue weighted by molar-refractivity contribution is 5.56. The third kappa shape index (κ3) is 4.08. The van der Waals surface area contributed by atoms with Gasteiger partial charge < -0.3 is 24.4 Å². The van der Waals surface area contributed by atoms with Crippen LogP contribution in [0, 0.1) is 5.41 Å². The van der Waals surface area contributed by atoms with Crippen molar-refractivity contribution in [3.8, 4) is 11.4 Å². The van der Waals surface area contributed by atoms with Gasteiger partial charge >= 0.3 is 0 Å². The molecule has 2 saturated heterocycles. The van der Waals surface area contributed by atoms with E-state index in [4.69, 9.17) is 9.26 Å². The molecular weight excluding hydrogens is 444 g/mol. The van der Waals surface area contributed by atoms with Crippen LogP contribution in [0.1, 0.15) is 62.1 Å². The fourth-order valence-corrected chi connectivity index (χ4v) is 5.56. The molecular formula is C27H34N4O4. The number of rotatable bonds is 6. The molecule has 0 amide bonds. The van der Waals surface area contributed by atoms with Crippen LogP contribution in [0.15, 0.2) is 47.2 Å². The van der Waals surface area contributed by atoms with E-state index >= 15 is 0 Å². The fourth-order valence-electron chi connectivity index (χ4n) is 5.56. The van der Waals surface area contributed by atoms with E-state index in [0.717, 1.165) is 18.7 Å². The van der Waals surface area contributed by atoms with Crippen LogP contribution in [0.2, 0.25) is 0 Å². The maximum absolute atomic E-state index is 12.4. The van der Waals surface area contributed by atoms with Crippen molar-refractivity contribution < 1.29 is 19.5 Å². The lowest BCUT2D eigenvalue weighted by Crippen LogP contribution is -2.63. The number of pyridine rings is 1. The number of hydrogen-bond donors (Lipinski definition) is 2. The molecule has 2 fully saturated rings.